The molecule has 0 saturated carbocycles. The molecule has 132 valence electrons. The summed E-state index contributed by atoms with van der Waals surface area (Å²) in [6, 6.07) is 8.79. The zero-order valence-corrected chi connectivity index (χ0v) is 14.8. The molecular formula is C18H20N2O4S. The fraction of sp³-hybridized carbons (Fsp3) is 0.444. The molecule has 6 nitrogen and oxygen atoms in total. The molecule has 1 fully saturated rings. The third-order valence-electron chi connectivity index (χ3n) is 3.79. The van der Waals surface area contributed by atoms with Crippen molar-refractivity contribution in [3.63, 3.8) is 0 Å². The highest BCUT2D eigenvalue weighted by Gasteiger charge is 2.23. The Labute approximate surface area is 151 Å². The zero-order chi connectivity index (χ0) is 18.2. The van der Waals surface area contributed by atoms with E-state index in [0.29, 0.717) is 5.56 Å². The molecule has 1 heterocycles. The number of carbonyl (C=O) groups excluding carboxylic acids is 2. The van der Waals surface area contributed by atoms with Crippen LogP contribution in [-0.4, -0.2) is 42.5 Å². The fourth-order valence-electron chi connectivity index (χ4n) is 2.43. The van der Waals surface area contributed by atoms with E-state index in [1.54, 1.807) is 18.2 Å². The quantitative estimate of drug-likeness (QED) is 0.435. The first-order valence-electron chi connectivity index (χ1n) is 8.01. The van der Waals surface area contributed by atoms with E-state index in [9.17, 15) is 9.59 Å². The number of rotatable bonds is 8. The summed E-state index contributed by atoms with van der Waals surface area (Å²) in [6.07, 6.45) is 2.28. The van der Waals surface area contributed by atoms with Crippen molar-refractivity contribution in [2.75, 3.05) is 19.0 Å². The van der Waals surface area contributed by atoms with Crippen molar-refractivity contribution in [3.05, 3.63) is 29.8 Å². The van der Waals surface area contributed by atoms with Crippen LogP contribution in [0, 0.1) is 22.7 Å². The smallest absolute Gasteiger partial charge is 0.339 e. The number of thioether (sulfide) groups is 1. The Hall–Kier alpha value is -2.17. The number of hydrogen-bond donors (Lipinski definition) is 1. The molecular weight excluding hydrogens is 340 g/mol. The van der Waals surface area contributed by atoms with Crippen molar-refractivity contribution in [1.82, 2.24) is 0 Å². The normalized spacial score (nSPS) is 17.5. The molecule has 7 heteroatoms. The van der Waals surface area contributed by atoms with E-state index < -0.39 is 24.3 Å². The van der Waals surface area contributed by atoms with E-state index in [-0.39, 0.29) is 11.8 Å². The first-order chi connectivity index (χ1) is 12.0. The van der Waals surface area contributed by atoms with Crippen LogP contribution in [0.1, 0.15) is 30.1 Å². The van der Waals surface area contributed by atoms with Crippen LogP contribution in [-0.2, 0) is 14.3 Å². The van der Waals surface area contributed by atoms with Crippen LogP contribution in [0.15, 0.2) is 29.2 Å². The molecule has 0 amide bonds. The lowest BCUT2D eigenvalue weighted by molar-refractivity contribution is -0.122. The van der Waals surface area contributed by atoms with E-state index in [1.165, 1.54) is 18.7 Å². The summed E-state index contributed by atoms with van der Waals surface area (Å²) in [7, 11) is 0. The number of esters is 1. The average Bonchev–Trinajstić information content (AvgIpc) is 3.12. The predicted octanol–water partition coefficient (Wildman–Crippen LogP) is 2.86. The molecule has 0 radical (unpaired) electrons. The van der Waals surface area contributed by atoms with Crippen LogP contribution >= 0.6 is 11.8 Å². The van der Waals surface area contributed by atoms with Crippen LogP contribution in [0.4, 0.5) is 0 Å². The zero-order valence-electron chi connectivity index (χ0n) is 14.0. The lowest BCUT2D eigenvalue weighted by Gasteiger charge is -2.12. The van der Waals surface area contributed by atoms with Gasteiger partial charge in [-0.05, 0) is 31.9 Å². The Kier molecular flexibility index (Phi) is 7.16. The molecule has 2 atom stereocenters. The van der Waals surface area contributed by atoms with Crippen molar-refractivity contribution in [3.8, 4) is 6.07 Å². The maximum atomic E-state index is 12.3. The first kappa shape index (κ1) is 19.2. The van der Waals surface area contributed by atoms with Gasteiger partial charge < -0.3 is 14.9 Å². The van der Waals surface area contributed by atoms with E-state index in [0.717, 1.165) is 30.1 Å². The molecule has 25 heavy (non-hydrogen) atoms. The number of ketones is 1. The molecule has 1 aromatic carbocycles. The number of nitrogens with zero attached hydrogens (tertiary/aromatic N) is 1. The maximum Gasteiger partial charge on any atom is 0.339 e. The summed E-state index contributed by atoms with van der Waals surface area (Å²) < 4.78 is 10.6. The fourth-order valence-corrected chi connectivity index (χ4v) is 3.54. The highest BCUT2D eigenvalue weighted by Crippen LogP contribution is 2.27. The third kappa shape index (κ3) is 5.41. The topological polar surface area (TPSA) is 100 Å². The molecule has 0 aliphatic carbocycles. The number of carbonyl (C=O) groups is 2. The molecule has 0 spiro atoms. The molecule has 2 rings (SSSR count). The number of nitriles is 1. The minimum absolute atomic E-state index is 0.0592. The third-order valence-corrected chi connectivity index (χ3v) is 4.99. The van der Waals surface area contributed by atoms with Crippen LogP contribution in [0.5, 0.6) is 0 Å². The van der Waals surface area contributed by atoms with Crippen molar-refractivity contribution >= 4 is 29.2 Å². The summed E-state index contributed by atoms with van der Waals surface area (Å²) in [5.74, 6) is -1.61. The van der Waals surface area contributed by atoms with Crippen LogP contribution in [0.25, 0.3) is 0 Å². The van der Waals surface area contributed by atoms with E-state index >= 15 is 0 Å². The Bertz CT molecular complexity index is 693. The van der Waals surface area contributed by atoms with Crippen LogP contribution < -0.4 is 0 Å². The minimum Gasteiger partial charge on any atom is -0.454 e. The molecule has 1 N–H and O–H groups in total. The van der Waals surface area contributed by atoms with Gasteiger partial charge in [-0.1, -0.05) is 12.1 Å². The van der Waals surface area contributed by atoms with Gasteiger partial charge in [0.25, 0.3) is 0 Å². The van der Waals surface area contributed by atoms with Crippen molar-refractivity contribution in [2.24, 2.45) is 5.92 Å². The standard InChI is InChI=1S/C18H20N2O4S/c1-12(20)15(9-19)16(21)10-24-18(22)14-6-2-3-7-17(14)25-11-13-5-4-8-23-13/h2-3,6-7,13,15,20H,4-5,8,10-11H2,1H3/t13-,15?/m0/s1. The van der Waals surface area contributed by atoms with Crippen molar-refractivity contribution < 1.29 is 19.1 Å². The summed E-state index contributed by atoms with van der Waals surface area (Å²) in [5, 5.41) is 16.3. The summed E-state index contributed by atoms with van der Waals surface area (Å²) in [5.41, 5.74) is 0.328. The van der Waals surface area contributed by atoms with Gasteiger partial charge in [-0.25, -0.2) is 4.79 Å². The summed E-state index contributed by atoms with van der Waals surface area (Å²) >= 11 is 1.53. The van der Waals surface area contributed by atoms with E-state index in [1.807, 2.05) is 12.1 Å². The van der Waals surface area contributed by atoms with Crippen molar-refractivity contribution in [2.45, 2.75) is 30.8 Å². The van der Waals surface area contributed by atoms with Gasteiger partial charge in [0.15, 0.2) is 12.4 Å². The average molecular weight is 360 g/mol. The Balaban J connectivity index is 1.95. The first-order valence-corrected chi connectivity index (χ1v) is 8.99. The minimum atomic E-state index is -1.17. The van der Waals surface area contributed by atoms with Crippen LogP contribution in [0.3, 0.4) is 0 Å². The number of hydrogen-bond acceptors (Lipinski definition) is 7. The highest BCUT2D eigenvalue weighted by atomic mass is 32.2. The van der Waals surface area contributed by atoms with Gasteiger partial charge in [0.05, 0.1) is 17.7 Å². The Morgan fingerprint density at radius 1 is 1.48 bits per heavy atom. The number of nitrogens with one attached hydrogen (secondary N) is 1. The lowest BCUT2D eigenvalue weighted by atomic mass is 10.0. The second kappa shape index (κ2) is 9.35. The number of Topliss-reactive ketones (excluding diaryl/α,β-unsaturated/α-hetero) is 1. The molecule has 1 aromatic rings. The van der Waals surface area contributed by atoms with Gasteiger partial charge >= 0.3 is 5.97 Å². The highest BCUT2D eigenvalue weighted by molar-refractivity contribution is 7.99. The van der Waals surface area contributed by atoms with Crippen molar-refractivity contribution in [1.29, 1.82) is 10.7 Å². The molecule has 1 unspecified atom stereocenters. The number of ether oxygens (including phenoxy) is 2. The monoisotopic (exact) mass is 360 g/mol. The lowest BCUT2D eigenvalue weighted by Crippen LogP contribution is -2.25. The molecule has 0 aromatic heterocycles. The Morgan fingerprint density at radius 3 is 2.88 bits per heavy atom. The summed E-state index contributed by atoms with van der Waals surface area (Å²) in [4.78, 5) is 24.9. The van der Waals surface area contributed by atoms with Gasteiger partial charge in [0, 0.05) is 23.0 Å². The van der Waals surface area contributed by atoms with Gasteiger partial charge in [-0.15, -0.1) is 11.8 Å². The molecule has 1 aliphatic heterocycles. The number of benzene rings is 1. The Morgan fingerprint density at radius 2 is 2.24 bits per heavy atom. The molecule has 1 aliphatic rings. The second-order valence-electron chi connectivity index (χ2n) is 5.73. The summed E-state index contributed by atoms with van der Waals surface area (Å²) in [6.45, 7) is 1.65. The maximum absolute atomic E-state index is 12.3. The van der Waals surface area contributed by atoms with E-state index in [4.69, 9.17) is 20.1 Å². The molecule has 0 bridgehead atoms. The van der Waals surface area contributed by atoms with Crippen LogP contribution in [0.2, 0.25) is 0 Å². The van der Waals surface area contributed by atoms with Gasteiger partial charge in [-0.2, -0.15) is 5.26 Å². The van der Waals surface area contributed by atoms with Gasteiger partial charge in [0.1, 0.15) is 5.92 Å². The van der Waals surface area contributed by atoms with E-state index in [2.05, 4.69) is 0 Å². The van der Waals surface area contributed by atoms with Gasteiger partial charge in [-0.3, -0.25) is 4.79 Å². The SMILES string of the molecule is CC(=N)C(C#N)C(=O)COC(=O)c1ccccc1SC[C@@H]1CCCO1. The predicted molar refractivity (Wildman–Crippen MR) is 93.9 cm³/mol. The van der Waals surface area contributed by atoms with Gasteiger partial charge in [0.2, 0.25) is 0 Å². The largest absolute Gasteiger partial charge is 0.454 e. The second-order valence-corrected chi connectivity index (χ2v) is 6.79. The molecule has 1 saturated heterocycles.